The van der Waals surface area contributed by atoms with Crippen molar-refractivity contribution in [2.24, 2.45) is 0 Å². The van der Waals surface area contributed by atoms with Gasteiger partial charge in [0.25, 0.3) is 0 Å². The van der Waals surface area contributed by atoms with E-state index in [0.717, 1.165) is 6.42 Å². The first kappa shape index (κ1) is 12.8. The van der Waals surface area contributed by atoms with Gasteiger partial charge in [-0.2, -0.15) is 0 Å². The lowest BCUT2D eigenvalue weighted by Crippen LogP contribution is -2.20. The van der Waals surface area contributed by atoms with Crippen molar-refractivity contribution in [3.05, 3.63) is 0 Å². The quantitative estimate of drug-likeness (QED) is 0.479. The summed E-state index contributed by atoms with van der Waals surface area (Å²) in [5.41, 5.74) is 0. The Kier molecular flexibility index (Phi) is 5.63. The first-order valence-electron chi connectivity index (χ1n) is 5.29. The van der Waals surface area contributed by atoms with Gasteiger partial charge in [-0.05, 0) is 6.42 Å². The molecule has 0 spiro atoms. The molecule has 1 unspecified atom stereocenters. The standard InChI is InChI=1S/C10H16O6/c1-2-3-9(11)14-5-4-13-6-8-7-15-10(12)16-8/h8H,2-7H2,1H3. The van der Waals surface area contributed by atoms with Gasteiger partial charge in [0, 0.05) is 6.42 Å². The summed E-state index contributed by atoms with van der Waals surface area (Å²) < 4.78 is 19.3. The van der Waals surface area contributed by atoms with Gasteiger partial charge in [-0.1, -0.05) is 6.92 Å². The number of hydrogen-bond acceptors (Lipinski definition) is 6. The van der Waals surface area contributed by atoms with Crippen LogP contribution < -0.4 is 0 Å². The molecule has 6 nitrogen and oxygen atoms in total. The highest BCUT2D eigenvalue weighted by molar-refractivity contribution is 5.69. The number of esters is 1. The van der Waals surface area contributed by atoms with Crippen LogP contribution in [0.3, 0.4) is 0 Å². The fourth-order valence-electron chi connectivity index (χ4n) is 1.15. The van der Waals surface area contributed by atoms with E-state index in [1.54, 1.807) is 0 Å². The largest absolute Gasteiger partial charge is 0.508 e. The Balaban J connectivity index is 1.92. The van der Waals surface area contributed by atoms with Crippen LogP contribution in [-0.2, 0) is 23.7 Å². The van der Waals surface area contributed by atoms with Crippen molar-refractivity contribution in [1.82, 2.24) is 0 Å². The Morgan fingerprint density at radius 2 is 2.31 bits per heavy atom. The average molecular weight is 232 g/mol. The number of ether oxygens (including phenoxy) is 4. The molecule has 0 aromatic rings. The van der Waals surface area contributed by atoms with Crippen LogP contribution in [0.5, 0.6) is 0 Å². The van der Waals surface area contributed by atoms with Gasteiger partial charge in [0.05, 0.1) is 13.2 Å². The number of hydrogen-bond donors (Lipinski definition) is 0. The molecule has 1 saturated heterocycles. The van der Waals surface area contributed by atoms with Gasteiger partial charge in [-0.3, -0.25) is 4.79 Å². The molecular weight excluding hydrogens is 216 g/mol. The third kappa shape index (κ3) is 4.97. The van der Waals surface area contributed by atoms with Crippen molar-refractivity contribution in [2.45, 2.75) is 25.9 Å². The minimum atomic E-state index is -0.664. The lowest BCUT2D eigenvalue weighted by Gasteiger charge is -2.08. The summed E-state index contributed by atoms with van der Waals surface area (Å²) in [6.07, 6.45) is 0.185. The van der Waals surface area contributed by atoms with Gasteiger partial charge in [0.2, 0.25) is 0 Å². The van der Waals surface area contributed by atoms with Crippen LogP contribution in [0.4, 0.5) is 4.79 Å². The third-order valence-electron chi connectivity index (χ3n) is 1.90. The lowest BCUT2D eigenvalue weighted by molar-refractivity contribution is -0.145. The van der Waals surface area contributed by atoms with E-state index in [1.807, 2.05) is 6.92 Å². The smallest absolute Gasteiger partial charge is 0.463 e. The maximum atomic E-state index is 10.9. The number of carbonyl (C=O) groups is 2. The number of cyclic esters (lactones) is 2. The second-order valence-electron chi connectivity index (χ2n) is 3.35. The first-order chi connectivity index (χ1) is 7.72. The second kappa shape index (κ2) is 7.05. The summed E-state index contributed by atoms with van der Waals surface area (Å²) in [6, 6.07) is 0. The fourth-order valence-corrected chi connectivity index (χ4v) is 1.15. The zero-order valence-corrected chi connectivity index (χ0v) is 9.27. The highest BCUT2D eigenvalue weighted by atomic mass is 16.8. The number of rotatable bonds is 7. The molecule has 1 aliphatic heterocycles. The molecule has 0 radical (unpaired) electrons. The molecule has 0 aromatic carbocycles. The van der Waals surface area contributed by atoms with Crippen LogP contribution >= 0.6 is 0 Å². The van der Waals surface area contributed by atoms with Crippen molar-refractivity contribution in [1.29, 1.82) is 0 Å². The fraction of sp³-hybridized carbons (Fsp3) is 0.800. The molecule has 1 atom stereocenters. The van der Waals surface area contributed by atoms with Gasteiger partial charge >= 0.3 is 12.1 Å². The Morgan fingerprint density at radius 3 is 2.94 bits per heavy atom. The predicted molar refractivity (Wildman–Crippen MR) is 52.9 cm³/mol. The molecule has 1 fully saturated rings. The molecule has 0 N–H and O–H groups in total. The molecule has 1 rings (SSSR count). The zero-order chi connectivity index (χ0) is 11.8. The van der Waals surface area contributed by atoms with E-state index < -0.39 is 6.16 Å². The Morgan fingerprint density at radius 1 is 1.50 bits per heavy atom. The predicted octanol–water partition coefficient (Wildman–Crippen LogP) is 0.882. The van der Waals surface area contributed by atoms with Crippen molar-refractivity contribution < 1.29 is 28.5 Å². The molecule has 0 bridgehead atoms. The van der Waals surface area contributed by atoms with Gasteiger partial charge in [0.15, 0.2) is 6.10 Å². The van der Waals surface area contributed by atoms with Gasteiger partial charge in [-0.25, -0.2) is 4.79 Å². The van der Waals surface area contributed by atoms with Crippen LogP contribution in [0.1, 0.15) is 19.8 Å². The van der Waals surface area contributed by atoms with Crippen molar-refractivity contribution in [2.75, 3.05) is 26.4 Å². The maximum absolute atomic E-state index is 10.9. The highest BCUT2D eigenvalue weighted by Gasteiger charge is 2.24. The molecule has 0 amide bonds. The topological polar surface area (TPSA) is 71.1 Å². The van der Waals surface area contributed by atoms with E-state index in [4.69, 9.17) is 14.2 Å². The van der Waals surface area contributed by atoms with Gasteiger partial charge in [0.1, 0.15) is 13.2 Å². The van der Waals surface area contributed by atoms with Crippen LogP contribution in [0.25, 0.3) is 0 Å². The first-order valence-corrected chi connectivity index (χ1v) is 5.29. The van der Waals surface area contributed by atoms with E-state index in [1.165, 1.54) is 0 Å². The van der Waals surface area contributed by atoms with E-state index >= 15 is 0 Å². The summed E-state index contributed by atoms with van der Waals surface area (Å²) in [6.45, 7) is 2.90. The van der Waals surface area contributed by atoms with E-state index in [9.17, 15) is 9.59 Å². The van der Waals surface area contributed by atoms with E-state index in [0.29, 0.717) is 13.0 Å². The lowest BCUT2D eigenvalue weighted by atomic mass is 10.3. The Labute approximate surface area is 93.8 Å². The number of carbonyl (C=O) groups excluding carboxylic acids is 2. The Hall–Kier alpha value is -1.30. The normalized spacial score (nSPS) is 19.1. The molecule has 1 heterocycles. The highest BCUT2D eigenvalue weighted by Crippen LogP contribution is 2.05. The minimum Gasteiger partial charge on any atom is -0.463 e. The summed E-state index contributed by atoms with van der Waals surface area (Å²) in [5.74, 6) is -0.221. The zero-order valence-electron chi connectivity index (χ0n) is 9.27. The molecule has 0 aromatic heterocycles. The summed E-state index contributed by atoms with van der Waals surface area (Å²) in [4.78, 5) is 21.5. The van der Waals surface area contributed by atoms with Crippen molar-refractivity contribution >= 4 is 12.1 Å². The minimum absolute atomic E-state index is 0.217. The third-order valence-corrected chi connectivity index (χ3v) is 1.90. The van der Waals surface area contributed by atoms with E-state index in [-0.39, 0.29) is 31.9 Å². The maximum Gasteiger partial charge on any atom is 0.508 e. The summed E-state index contributed by atoms with van der Waals surface area (Å²) >= 11 is 0. The molecule has 16 heavy (non-hydrogen) atoms. The molecule has 6 heteroatoms. The van der Waals surface area contributed by atoms with Crippen LogP contribution in [0.15, 0.2) is 0 Å². The van der Waals surface area contributed by atoms with Crippen molar-refractivity contribution in [3.8, 4) is 0 Å². The van der Waals surface area contributed by atoms with Crippen LogP contribution in [-0.4, -0.2) is 44.7 Å². The second-order valence-corrected chi connectivity index (χ2v) is 3.35. The molecular formula is C10H16O6. The SMILES string of the molecule is CCCC(=O)OCCOCC1COC(=O)O1. The molecule has 92 valence electrons. The van der Waals surface area contributed by atoms with Gasteiger partial charge < -0.3 is 18.9 Å². The summed E-state index contributed by atoms with van der Waals surface area (Å²) in [7, 11) is 0. The van der Waals surface area contributed by atoms with Crippen LogP contribution in [0.2, 0.25) is 0 Å². The average Bonchev–Trinajstić information content (AvgIpc) is 2.64. The summed E-state index contributed by atoms with van der Waals surface area (Å²) in [5, 5.41) is 0. The van der Waals surface area contributed by atoms with E-state index in [2.05, 4.69) is 4.74 Å². The van der Waals surface area contributed by atoms with Crippen LogP contribution in [0, 0.1) is 0 Å². The molecule has 1 aliphatic rings. The van der Waals surface area contributed by atoms with Gasteiger partial charge in [-0.15, -0.1) is 0 Å². The van der Waals surface area contributed by atoms with Crippen molar-refractivity contribution in [3.63, 3.8) is 0 Å². The monoisotopic (exact) mass is 232 g/mol. The molecule has 0 aliphatic carbocycles. The molecule has 0 saturated carbocycles. The Bertz CT molecular complexity index is 239.